The maximum Gasteiger partial charge on any atom is 0.255 e. The van der Waals surface area contributed by atoms with Crippen molar-refractivity contribution in [1.82, 2.24) is 4.98 Å². The van der Waals surface area contributed by atoms with Crippen LogP contribution in [0, 0.1) is 20.8 Å². The van der Waals surface area contributed by atoms with E-state index >= 15 is 0 Å². The number of carbonyl (C=O) groups excluding carboxylic acids is 1. The topological polar surface area (TPSA) is 45.2 Å². The largest absolute Gasteiger partial charge is 0.357 e. The molecule has 4 heteroatoms. The van der Waals surface area contributed by atoms with Crippen molar-refractivity contribution in [1.29, 1.82) is 0 Å². The lowest BCUT2D eigenvalue weighted by atomic mass is 9.92. The Kier molecular flexibility index (Phi) is 6.36. The van der Waals surface area contributed by atoms with E-state index in [1.807, 2.05) is 30.3 Å². The molecule has 0 bridgehead atoms. The number of nitrogens with zero attached hydrogens (tertiary/aromatic N) is 2. The summed E-state index contributed by atoms with van der Waals surface area (Å²) in [5, 5.41) is 3.00. The van der Waals surface area contributed by atoms with Gasteiger partial charge in [-0.3, -0.25) is 4.79 Å². The number of nitrogens with one attached hydrogen (secondary N) is 1. The molecule has 2 heterocycles. The number of benzene rings is 2. The number of pyridine rings is 1. The Morgan fingerprint density at radius 2 is 1.65 bits per heavy atom. The van der Waals surface area contributed by atoms with Crippen LogP contribution in [0.5, 0.6) is 0 Å². The molecule has 1 fully saturated rings. The van der Waals surface area contributed by atoms with E-state index in [-0.39, 0.29) is 5.91 Å². The fourth-order valence-electron chi connectivity index (χ4n) is 4.25. The Balaban J connectivity index is 1.52. The number of aromatic nitrogens is 1. The number of hydrogen-bond acceptors (Lipinski definition) is 3. The maximum atomic E-state index is 12.9. The number of anilines is 2. The summed E-state index contributed by atoms with van der Waals surface area (Å²) in [6, 6.07) is 16.2. The number of amides is 1. The van der Waals surface area contributed by atoms with Gasteiger partial charge in [0.2, 0.25) is 0 Å². The number of carbonyl (C=O) groups is 1. The van der Waals surface area contributed by atoms with Crippen LogP contribution in [0.1, 0.15) is 52.7 Å². The summed E-state index contributed by atoms with van der Waals surface area (Å²) in [5.41, 5.74) is 7.31. The minimum atomic E-state index is -0.115. The average Bonchev–Trinajstić information content (AvgIpc) is 3.06. The monoisotopic (exact) mass is 413 g/mol. The van der Waals surface area contributed by atoms with Crippen LogP contribution in [-0.4, -0.2) is 24.0 Å². The van der Waals surface area contributed by atoms with Gasteiger partial charge < -0.3 is 10.2 Å². The lowest BCUT2D eigenvalue weighted by molar-refractivity contribution is 0.102. The van der Waals surface area contributed by atoms with Crippen molar-refractivity contribution in [3.8, 4) is 11.1 Å². The molecule has 0 atom stereocenters. The quantitative estimate of drug-likeness (QED) is 0.545. The molecule has 1 aliphatic heterocycles. The molecule has 0 saturated carbocycles. The van der Waals surface area contributed by atoms with Crippen molar-refractivity contribution in [3.63, 3.8) is 0 Å². The Bertz CT molecular complexity index is 1060. The Labute approximate surface area is 185 Å². The summed E-state index contributed by atoms with van der Waals surface area (Å²) in [6.07, 6.45) is 6.79. The van der Waals surface area contributed by atoms with E-state index in [4.69, 9.17) is 0 Å². The van der Waals surface area contributed by atoms with E-state index in [9.17, 15) is 4.79 Å². The normalized spacial score (nSPS) is 14.2. The zero-order valence-electron chi connectivity index (χ0n) is 18.7. The molecule has 0 radical (unpaired) electrons. The average molecular weight is 414 g/mol. The second-order valence-corrected chi connectivity index (χ2v) is 8.54. The van der Waals surface area contributed by atoms with Gasteiger partial charge in [-0.2, -0.15) is 0 Å². The first-order chi connectivity index (χ1) is 15.0. The van der Waals surface area contributed by atoms with Crippen LogP contribution < -0.4 is 10.2 Å². The van der Waals surface area contributed by atoms with Crippen LogP contribution in [-0.2, 0) is 0 Å². The van der Waals surface area contributed by atoms with Crippen LogP contribution in [0.2, 0.25) is 0 Å². The highest BCUT2D eigenvalue weighted by atomic mass is 16.1. The summed E-state index contributed by atoms with van der Waals surface area (Å²) < 4.78 is 0. The van der Waals surface area contributed by atoms with Crippen LogP contribution >= 0.6 is 0 Å². The fourth-order valence-corrected chi connectivity index (χ4v) is 4.25. The van der Waals surface area contributed by atoms with Crippen molar-refractivity contribution < 1.29 is 4.79 Å². The summed E-state index contributed by atoms with van der Waals surface area (Å²) in [6.45, 7) is 8.46. The summed E-state index contributed by atoms with van der Waals surface area (Å²) in [7, 11) is 0. The van der Waals surface area contributed by atoms with Gasteiger partial charge in [0.25, 0.3) is 5.91 Å². The lowest BCUT2D eigenvalue weighted by Gasteiger charge is -2.21. The van der Waals surface area contributed by atoms with Crippen LogP contribution in [0.3, 0.4) is 0 Å². The summed E-state index contributed by atoms with van der Waals surface area (Å²) in [5.74, 6) is 0.878. The van der Waals surface area contributed by atoms with Crippen molar-refractivity contribution in [2.24, 2.45) is 0 Å². The zero-order chi connectivity index (χ0) is 21.8. The maximum absolute atomic E-state index is 12.9. The van der Waals surface area contributed by atoms with Crippen molar-refractivity contribution >= 4 is 17.4 Å². The molecule has 0 spiro atoms. The van der Waals surface area contributed by atoms with E-state index < -0.39 is 0 Å². The van der Waals surface area contributed by atoms with Gasteiger partial charge in [0.05, 0.1) is 11.9 Å². The molecule has 2 aromatic carbocycles. The van der Waals surface area contributed by atoms with Gasteiger partial charge in [0, 0.05) is 18.7 Å². The van der Waals surface area contributed by atoms with E-state index in [0.717, 1.165) is 35.7 Å². The molecule has 1 amide bonds. The highest BCUT2D eigenvalue weighted by Crippen LogP contribution is 2.29. The van der Waals surface area contributed by atoms with Gasteiger partial charge >= 0.3 is 0 Å². The Morgan fingerprint density at radius 3 is 2.35 bits per heavy atom. The molecule has 31 heavy (non-hydrogen) atoms. The standard InChI is InChI=1S/C27H31N3O/c1-19-9-8-10-24(21(19)3)25-17-22(12-11-20(25)2)27(31)29-23-13-14-26(28-18-23)30-15-6-4-5-7-16-30/h8-14,17-18H,4-7,15-16H2,1-3H3,(H,29,31). The molecule has 4 rings (SSSR count). The molecular formula is C27H31N3O. The Hall–Kier alpha value is -3.14. The SMILES string of the molecule is Cc1ccc(C(=O)Nc2ccc(N3CCCCCC3)nc2)cc1-c1cccc(C)c1C. The molecule has 160 valence electrons. The van der Waals surface area contributed by atoms with E-state index in [2.05, 4.69) is 54.2 Å². The summed E-state index contributed by atoms with van der Waals surface area (Å²) in [4.78, 5) is 19.9. The number of aryl methyl sites for hydroxylation is 2. The zero-order valence-corrected chi connectivity index (χ0v) is 18.7. The molecule has 1 aromatic heterocycles. The van der Waals surface area contributed by atoms with E-state index in [1.165, 1.54) is 42.4 Å². The highest BCUT2D eigenvalue weighted by molar-refractivity contribution is 6.05. The van der Waals surface area contributed by atoms with Gasteiger partial charge in [-0.25, -0.2) is 4.98 Å². The Morgan fingerprint density at radius 1 is 0.871 bits per heavy atom. The van der Waals surface area contributed by atoms with E-state index in [0.29, 0.717) is 5.56 Å². The van der Waals surface area contributed by atoms with Crippen LogP contribution in [0.25, 0.3) is 11.1 Å². The highest BCUT2D eigenvalue weighted by Gasteiger charge is 2.14. The summed E-state index contributed by atoms with van der Waals surface area (Å²) >= 11 is 0. The van der Waals surface area contributed by atoms with Gasteiger partial charge in [-0.1, -0.05) is 37.1 Å². The van der Waals surface area contributed by atoms with Gasteiger partial charge in [-0.05, 0) is 85.7 Å². The van der Waals surface area contributed by atoms with E-state index in [1.54, 1.807) is 6.20 Å². The van der Waals surface area contributed by atoms with Crippen molar-refractivity contribution in [2.75, 3.05) is 23.3 Å². The second-order valence-electron chi connectivity index (χ2n) is 8.54. The molecule has 0 unspecified atom stereocenters. The minimum absolute atomic E-state index is 0.115. The molecule has 1 aliphatic rings. The third kappa shape index (κ3) is 4.79. The number of rotatable bonds is 4. The fraction of sp³-hybridized carbons (Fsp3) is 0.333. The van der Waals surface area contributed by atoms with Crippen LogP contribution in [0.15, 0.2) is 54.7 Å². The molecule has 1 N–H and O–H groups in total. The van der Waals surface area contributed by atoms with Gasteiger partial charge in [0.1, 0.15) is 5.82 Å². The van der Waals surface area contributed by atoms with Gasteiger partial charge in [0.15, 0.2) is 0 Å². The lowest BCUT2D eigenvalue weighted by Crippen LogP contribution is -2.24. The van der Waals surface area contributed by atoms with Crippen molar-refractivity contribution in [2.45, 2.75) is 46.5 Å². The first-order valence-electron chi connectivity index (χ1n) is 11.2. The third-order valence-electron chi connectivity index (χ3n) is 6.33. The second kappa shape index (κ2) is 9.34. The van der Waals surface area contributed by atoms with Crippen LogP contribution in [0.4, 0.5) is 11.5 Å². The molecular weight excluding hydrogens is 382 g/mol. The molecule has 1 saturated heterocycles. The molecule has 0 aliphatic carbocycles. The first-order valence-corrected chi connectivity index (χ1v) is 11.2. The number of hydrogen-bond donors (Lipinski definition) is 1. The minimum Gasteiger partial charge on any atom is -0.357 e. The van der Waals surface area contributed by atoms with Crippen molar-refractivity contribution in [3.05, 3.63) is 77.0 Å². The predicted molar refractivity (Wildman–Crippen MR) is 129 cm³/mol. The smallest absolute Gasteiger partial charge is 0.255 e. The third-order valence-corrected chi connectivity index (χ3v) is 6.33. The first kappa shape index (κ1) is 21.1. The van der Waals surface area contributed by atoms with Gasteiger partial charge in [-0.15, -0.1) is 0 Å². The molecule has 3 aromatic rings. The molecule has 4 nitrogen and oxygen atoms in total. The predicted octanol–water partition coefficient (Wildman–Crippen LogP) is 6.31.